The van der Waals surface area contributed by atoms with Crippen LogP contribution in [0, 0.1) is 0 Å². The molecule has 0 radical (unpaired) electrons. The van der Waals surface area contributed by atoms with Crippen molar-refractivity contribution in [2.24, 2.45) is 5.73 Å². The van der Waals surface area contributed by atoms with E-state index in [4.69, 9.17) is 15.2 Å². The highest BCUT2D eigenvalue weighted by Gasteiger charge is 2.25. The predicted octanol–water partition coefficient (Wildman–Crippen LogP) is 2.68. The maximum atomic E-state index is 6.21. The maximum absolute atomic E-state index is 6.21. The summed E-state index contributed by atoms with van der Waals surface area (Å²) in [6, 6.07) is 8.28. The third kappa shape index (κ3) is 3.64. The number of para-hydroxylation sites is 1. The van der Waals surface area contributed by atoms with Crippen LogP contribution in [0.2, 0.25) is 0 Å². The molecular weight excluding hydrogens is 246 g/mol. The van der Waals surface area contributed by atoms with E-state index in [1.807, 2.05) is 30.0 Å². The van der Waals surface area contributed by atoms with E-state index in [1.54, 1.807) is 7.11 Å². The third-order valence-corrected chi connectivity index (χ3v) is 4.29. The van der Waals surface area contributed by atoms with Crippen molar-refractivity contribution in [2.45, 2.75) is 36.3 Å². The van der Waals surface area contributed by atoms with Gasteiger partial charge in [0, 0.05) is 30.4 Å². The van der Waals surface area contributed by atoms with Crippen molar-refractivity contribution in [1.82, 2.24) is 0 Å². The first-order valence-corrected chi connectivity index (χ1v) is 7.43. The Morgan fingerprint density at radius 2 is 2.28 bits per heavy atom. The standard InChI is InChI=1S/C14H21NO2S/c1-16-9-5-4-6-11(15)13-10-18-14-8-3-2-7-12(14)17-13/h2-3,7-8,11,13H,4-6,9-10,15H2,1H3. The molecule has 0 fully saturated rings. The summed E-state index contributed by atoms with van der Waals surface area (Å²) in [4.78, 5) is 1.22. The van der Waals surface area contributed by atoms with Crippen LogP contribution in [0.5, 0.6) is 5.75 Å². The van der Waals surface area contributed by atoms with Crippen LogP contribution in [0.15, 0.2) is 29.2 Å². The third-order valence-electron chi connectivity index (χ3n) is 3.14. The lowest BCUT2D eigenvalue weighted by molar-refractivity contribution is 0.168. The average Bonchev–Trinajstić information content (AvgIpc) is 2.43. The molecule has 0 saturated heterocycles. The SMILES string of the molecule is COCCCCC(N)C1CSc2ccccc2O1. The van der Waals surface area contributed by atoms with Crippen LogP contribution in [-0.4, -0.2) is 31.6 Å². The molecule has 0 aromatic heterocycles. The molecule has 1 aliphatic heterocycles. The molecule has 0 bridgehead atoms. The van der Waals surface area contributed by atoms with Crippen molar-refractivity contribution in [3.8, 4) is 5.75 Å². The van der Waals surface area contributed by atoms with E-state index >= 15 is 0 Å². The van der Waals surface area contributed by atoms with E-state index in [2.05, 4.69) is 6.07 Å². The van der Waals surface area contributed by atoms with Gasteiger partial charge in [0.05, 0.1) is 0 Å². The summed E-state index contributed by atoms with van der Waals surface area (Å²) < 4.78 is 11.0. The summed E-state index contributed by atoms with van der Waals surface area (Å²) in [7, 11) is 1.73. The molecule has 3 nitrogen and oxygen atoms in total. The fraction of sp³-hybridized carbons (Fsp3) is 0.571. The molecule has 0 saturated carbocycles. The van der Waals surface area contributed by atoms with Crippen LogP contribution >= 0.6 is 11.8 Å². The zero-order valence-corrected chi connectivity index (χ0v) is 11.6. The van der Waals surface area contributed by atoms with Crippen molar-refractivity contribution in [1.29, 1.82) is 0 Å². The predicted molar refractivity (Wildman–Crippen MR) is 75.3 cm³/mol. The van der Waals surface area contributed by atoms with E-state index in [-0.39, 0.29) is 12.1 Å². The van der Waals surface area contributed by atoms with Gasteiger partial charge in [0.2, 0.25) is 0 Å². The molecular formula is C14H21NO2S. The van der Waals surface area contributed by atoms with Gasteiger partial charge in [-0.1, -0.05) is 12.1 Å². The second-order valence-corrected chi connectivity index (χ2v) is 5.63. The lowest BCUT2D eigenvalue weighted by atomic mass is 10.1. The zero-order valence-electron chi connectivity index (χ0n) is 10.8. The fourth-order valence-corrected chi connectivity index (χ4v) is 3.15. The number of fused-ring (bicyclic) bond motifs is 1. The molecule has 0 spiro atoms. The minimum absolute atomic E-state index is 0.114. The van der Waals surface area contributed by atoms with Gasteiger partial charge in [0.25, 0.3) is 0 Å². The second kappa shape index (κ2) is 7.02. The van der Waals surface area contributed by atoms with Gasteiger partial charge in [-0.05, 0) is 31.4 Å². The van der Waals surface area contributed by atoms with Gasteiger partial charge in [-0.3, -0.25) is 0 Å². The van der Waals surface area contributed by atoms with E-state index in [1.165, 1.54) is 4.90 Å². The molecule has 18 heavy (non-hydrogen) atoms. The molecule has 0 aliphatic carbocycles. The van der Waals surface area contributed by atoms with Crippen LogP contribution in [0.4, 0.5) is 0 Å². The number of thioether (sulfide) groups is 1. The normalized spacial score (nSPS) is 20.0. The Hall–Kier alpha value is -0.710. The highest BCUT2D eigenvalue weighted by Crippen LogP contribution is 2.35. The Bertz CT molecular complexity index is 373. The lowest BCUT2D eigenvalue weighted by Crippen LogP contribution is -2.42. The number of hydrogen-bond donors (Lipinski definition) is 1. The molecule has 2 N–H and O–H groups in total. The first kappa shape index (κ1) is 13.7. The molecule has 1 heterocycles. The summed E-state index contributed by atoms with van der Waals surface area (Å²) in [6.07, 6.45) is 3.30. The van der Waals surface area contributed by atoms with Crippen molar-refractivity contribution < 1.29 is 9.47 Å². The maximum Gasteiger partial charge on any atom is 0.133 e. The lowest BCUT2D eigenvalue weighted by Gasteiger charge is -2.29. The molecule has 4 heteroatoms. The van der Waals surface area contributed by atoms with Gasteiger partial charge >= 0.3 is 0 Å². The van der Waals surface area contributed by atoms with Gasteiger partial charge in [-0.2, -0.15) is 0 Å². The van der Waals surface area contributed by atoms with Gasteiger partial charge in [0.15, 0.2) is 0 Å². The van der Waals surface area contributed by atoms with Gasteiger partial charge in [0.1, 0.15) is 11.9 Å². The van der Waals surface area contributed by atoms with Crippen LogP contribution < -0.4 is 10.5 Å². The molecule has 2 rings (SSSR count). The topological polar surface area (TPSA) is 44.5 Å². The molecule has 100 valence electrons. The monoisotopic (exact) mass is 267 g/mol. The van der Waals surface area contributed by atoms with E-state index in [0.717, 1.165) is 37.4 Å². The number of unbranched alkanes of at least 4 members (excludes halogenated alkanes) is 1. The summed E-state index contributed by atoms with van der Waals surface area (Å²) in [5, 5.41) is 0. The number of ether oxygens (including phenoxy) is 2. The van der Waals surface area contributed by atoms with Crippen molar-refractivity contribution in [3.63, 3.8) is 0 Å². The van der Waals surface area contributed by atoms with E-state index < -0.39 is 0 Å². The molecule has 1 aromatic rings. The first-order chi connectivity index (χ1) is 8.81. The number of rotatable bonds is 6. The van der Waals surface area contributed by atoms with Gasteiger partial charge in [-0.15, -0.1) is 11.8 Å². The Balaban J connectivity index is 1.81. The smallest absolute Gasteiger partial charge is 0.133 e. The summed E-state index contributed by atoms with van der Waals surface area (Å²) in [6.45, 7) is 0.815. The average molecular weight is 267 g/mol. The highest BCUT2D eigenvalue weighted by atomic mass is 32.2. The van der Waals surface area contributed by atoms with Crippen LogP contribution in [0.3, 0.4) is 0 Å². The minimum Gasteiger partial charge on any atom is -0.487 e. The van der Waals surface area contributed by atoms with Crippen molar-refractivity contribution in [3.05, 3.63) is 24.3 Å². The number of methoxy groups -OCH3 is 1. The summed E-state index contributed by atoms with van der Waals surface area (Å²) in [5.74, 6) is 1.92. The van der Waals surface area contributed by atoms with Crippen LogP contribution in [0.1, 0.15) is 19.3 Å². The molecule has 2 unspecified atom stereocenters. The van der Waals surface area contributed by atoms with Crippen molar-refractivity contribution >= 4 is 11.8 Å². The molecule has 0 amide bonds. The van der Waals surface area contributed by atoms with Crippen molar-refractivity contribution in [2.75, 3.05) is 19.5 Å². The van der Waals surface area contributed by atoms with Crippen LogP contribution in [-0.2, 0) is 4.74 Å². The molecule has 1 aliphatic rings. The quantitative estimate of drug-likeness (QED) is 0.805. The van der Waals surface area contributed by atoms with Gasteiger partial charge < -0.3 is 15.2 Å². The Morgan fingerprint density at radius 3 is 3.11 bits per heavy atom. The fourth-order valence-electron chi connectivity index (χ4n) is 2.06. The second-order valence-electron chi connectivity index (χ2n) is 4.57. The zero-order chi connectivity index (χ0) is 12.8. The number of benzene rings is 1. The molecule has 1 aromatic carbocycles. The molecule has 2 atom stereocenters. The largest absolute Gasteiger partial charge is 0.487 e. The Labute approximate surface area is 113 Å². The van der Waals surface area contributed by atoms with Gasteiger partial charge in [-0.25, -0.2) is 0 Å². The van der Waals surface area contributed by atoms with E-state index in [9.17, 15) is 0 Å². The summed E-state index contributed by atoms with van der Waals surface area (Å²) in [5.41, 5.74) is 6.21. The van der Waals surface area contributed by atoms with E-state index in [0.29, 0.717) is 0 Å². The Morgan fingerprint density at radius 1 is 1.44 bits per heavy atom. The Kier molecular flexibility index (Phi) is 5.35. The summed E-state index contributed by atoms with van der Waals surface area (Å²) >= 11 is 1.84. The van der Waals surface area contributed by atoms with Crippen LogP contribution in [0.25, 0.3) is 0 Å². The first-order valence-electron chi connectivity index (χ1n) is 6.44. The number of nitrogens with two attached hydrogens (primary N) is 1. The minimum atomic E-state index is 0.114. The number of hydrogen-bond acceptors (Lipinski definition) is 4. The highest BCUT2D eigenvalue weighted by molar-refractivity contribution is 7.99.